The van der Waals surface area contributed by atoms with Crippen LogP contribution in [0.3, 0.4) is 0 Å². The van der Waals surface area contributed by atoms with Crippen LogP contribution >= 0.6 is 0 Å². The molecule has 27 heavy (non-hydrogen) atoms. The second kappa shape index (κ2) is 8.97. The number of ether oxygens (including phenoxy) is 1. The molecule has 7 nitrogen and oxygen atoms in total. The van der Waals surface area contributed by atoms with E-state index in [0.29, 0.717) is 12.8 Å². The molecule has 4 unspecified atom stereocenters. The van der Waals surface area contributed by atoms with Crippen molar-refractivity contribution in [1.29, 1.82) is 0 Å². The first-order chi connectivity index (χ1) is 12.8. The fourth-order valence-corrected chi connectivity index (χ4v) is 3.80. The average Bonchev–Trinajstić information content (AvgIpc) is 2.66. The van der Waals surface area contributed by atoms with Crippen LogP contribution < -0.4 is 0 Å². The fraction of sp³-hybridized carbons (Fsp3) is 0.600. The standard InChI is InChI=1S/C20H26O7/c1-3-11-5-7-13(15(9-11)17(21)22)19(25)27-20(26)14-8-6-12(4-2)10-16(14)18(23)24/h5-6,13-16H,3-4,7-10H2,1-2H3,(H,21,22)(H,23,24). The number of carbonyl (C=O) groups excluding carboxylic acids is 2. The monoisotopic (exact) mass is 378 g/mol. The van der Waals surface area contributed by atoms with Crippen LogP contribution in [0.25, 0.3) is 0 Å². The maximum Gasteiger partial charge on any atom is 0.317 e. The molecule has 0 aromatic rings. The Morgan fingerprint density at radius 1 is 0.815 bits per heavy atom. The van der Waals surface area contributed by atoms with Crippen LogP contribution in [0.2, 0.25) is 0 Å². The Hall–Kier alpha value is -2.44. The number of carboxylic acids is 2. The van der Waals surface area contributed by atoms with Gasteiger partial charge in [0.25, 0.3) is 0 Å². The number of rotatable bonds is 6. The molecular formula is C20H26O7. The molecular weight excluding hydrogens is 352 g/mol. The summed E-state index contributed by atoms with van der Waals surface area (Å²) in [6, 6.07) is 0. The van der Waals surface area contributed by atoms with Crippen LogP contribution in [-0.2, 0) is 23.9 Å². The lowest BCUT2D eigenvalue weighted by Crippen LogP contribution is -2.38. The molecule has 0 aromatic carbocycles. The SMILES string of the molecule is CCC1=CCC(C(=O)OC(=O)C2CC=C(CC)CC2C(=O)O)C(C(=O)O)C1. The van der Waals surface area contributed by atoms with Gasteiger partial charge in [-0.3, -0.25) is 19.2 Å². The molecule has 2 rings (SSSR count). The van der Waals surface area contributed by atoms with Crippen molar-refractivity contribution in [2.75, 3.05) is 0 Å². The summed E-state index contributed by atoms with van der Waals surface area (Å²) in [4.78, 5) is 48.0. The highest BCUT2D eigenvalue weighted by Crippen LogP contribution is 2.35. The zero-order valence-corrected chi connectivity index (χ0v) is 15.6. The van der Waals surface area contributed by atoms with Gasteiger partial charge in [0.15, 0.2) is 0 Å². The number of aliphatic carboxylic acids is 2. The minimum Gasteiger partial charge on any atom is -0.481 e. The highest BCUT2D eigenvalue weighted by molar-refractivity contribution is 5.92. The van der Waals surface area contributed by atoms with Crippen molar-refractivity contribution >= 4 is 23.9 Å². The van der Waals surface area contributed by atoms with Gasteiger partial charge in [-0.15, -0.1) is 0 Å². The van der Waals surface area contributed by atoms with E-state index < -0.39 is 47.5 Å². The van der Waals surface area contributed by atoms with Gasteiger partial charge in [0, 0.05) is 0 Å². The molecule has 0 saturated heterocycles. The average molecular weight is 378 g/mol. The lowest BCUT2D eigenvalue weighted by Gasteiger charge is -2.29. The molecule has 2 aliphatic carbocycles. The van der Waals surface area contributed by atoms with Gasteiger partial charge in [-0.05, 0) is 38.5 Å². The molecule has 0 fully saturated rings. The molecule has 0 spiro atoms. The summed E-state index contributed by atoms with van der Waals surface area (Å²) in [6.07, 6.45) is 5.99. The highest BCUT2D eigenvalue weighted by Gasteiger charge is 2.41. The minimum absolute atomic E-state index is 0.208. The minimum atomic E-state index is -1.10. The maximum atomic E-state index is 12.5. The normalized spacial score (nSPS) is 27.9. The van der Waals surface area contributed by atoms with Crippen molar-refractivity contribution in [2.45, 2.75) is 52.4 Å². The van der Waals surface area contributed by atoms with Crippen LogP contribution in [0.15, 0.2) is 23.3 Å². The summed E-state index contributed by atoms with van der Waals surface area (Å²) < 4.78 is 4.96. The third kappa shape index (κ3) is 4.84. The van der Waals surface area contributed by atoms with Crippen LogP contribution in [0.5, 0.6) is 0 Å². The second-order valence-electron chi connectivity index (χ2n) is 7.15. The topological polar surface area (TPSA) is 118 Å². The van der Waals surface area contributed by atoms with Gasteiger partial charge in [0.1, 0.15) is 0 Å². The van der Waals surface area contributed by atoms with Crippen molar-refractivity contribution in [3.8, 4) is 0 Å². The number of allylic oxidation sites excluding steroid dienone is 4. The van der Waals surface area contributed by atoms with E-state index in [-0.39, 0.29) is 25.7 Å². The summed E-state index contributed by atoms with van der Waals surface area (Å²) in [5.41, 5.74) is 1.93. The van der Waals surface area contributed by atoms with E-state index in [9.17, 15) is 29.4 Å². The zero-order valence-electron chi connectivity index (χ0n) is 15.6. The first kappa shape index (κ1) is 20.9. The Kier molecular flexibility index (Phi) is 6.93. The fourth-order valence-electron chi connectivity index (χ4n) is 3.80. The first-order valence-electron chi connectivity index (χ1n) is 9.35. The predicted molar refractivity (Wildman–Crippen MR) is 95.5 cm³/mol. The third-order valence-corrected chi connectivity index (χ3v) is 5.61. The van der Waals surface area contributed by atoms with Crippen molar-refractivity contribution in [3.05, 3.63) is 23.3 Å². The molecule has 7 heteroatoms. The van der Waals surface area contributed by atoms with Crippen molar-refractivity contribution in [2.24, 2.45) is 23.7 Å². The first-order valence-corrected chi connectivity index (χ1v) is 9.35. The molecule has 0 saturated carbocycles. The Morgan fingerprint density at radius 3 is 1.48 bits per heavy atom. The molecule has 0 heterocycles. The number of hydrogen-bond donors (Lipinski definition) is 2. The van der Waals surface area contributed by atoms with E-state index in [0.717, 1.165) is 11.1 Å². The molecule has 0 radical (unpaired) electrons. The third-order valence-electron chi connectivity index (χ3n) is 5.61. The Balaban J connectivity index is 2.11. The molecule has 148 valence electrons. The van der Waals surface area contributed by atoms with Crippen molar-refractivity contribution < 1.29 is 34.1 Å². The van der Waals surface area contributed by atoms with E-state index >= 15 is 0 Å². The molecule has 2 aliphatic rings. The van der Waals surface area contributed by atoms with Gasteiger partial charge in [-0.2, -0.15) is 0 Å². The van der Waals surface area contributed by atoms with Crippen LogP contribution in [-0.4, -0.2) is 34.1 Å². The number of carboxylic acid groups (broad SMARTS) is 2. The van der Waals surface area contributed by atoms with E-state index in [2.05, 4.69) is 0 Å². The van der Waals surface area contributed by atoms with Gasteiger partial charge in [0.05, 0.1) is 23.7 Å². The Labute approximate surface area is 158 Å². The van der Waals surface area contributed by atoms with E-state index in [1.54, 1.807) is 0 Å². The van der Waals surface area contributed by atoms with Gasteiger partial charge in [-0.25, -0.2) is 0 Å². The molecule has 0 aliphatic heterocycles. The van der Waals surface area contributed by atoms with Gasteiger partial charge >= 0.3 is 23.9 Å². The van der Waals surface area contributed by atoms with Crippen molar-refractivity contribution in [3.63, 3.8) is 0 Å². The number of carbonyl (C=O) groups is 4. The van der Waals surface area contributed by atoms with E-state index in [1.807, 2.05) is 26.0 Å². The Bertz CT molecular complexity index is 630. The smallest absolute Gasteiger partial charge is 0.317 e. The lowest BCUT2D eigenvalue weighted by molar-refractivity contribution is -0.172. The largest absolute Gasteiger partial charge is 0.481 e. The summed E-state index contributed by atoms with van der Waals surface area (Å²) in [5.74, 6) is -7.69. The predicted octanol–water partition coefficient (Wildman–Crippen LogP) is 2.95. The summed E-state index contributed by atoms with van der Waals surface area (Å²) in [7, 11) is 0. The molecule has 0 bridgehead atoms. The lowest BCUT2D eigenvalue weighted by atomic mass is 9.78. The molecule has 0 aromatic heterocycles. The molecule has 4 atom stereocenters. The van der Waals surface area contributed by atoms with Gasteiger partial charge in [-0.1, -0.05) is 37.1 Å². The molecule has 0 amide bonds. The number of esters is 2. The summed E-state index contributed by atoms with van der Waals surface area (Å²) in [6.45, 7) is 3.83. The highest BCUT2D eigenvalue weighted by atomic mass is 16.6. The summed E-state index contributed by atoms with van der Waals surface area (Å²) in [5, 5.41) is 18.8. The maximum absolute atomic E-state index is 12.5. The zero-order chi connectivity index (χ0) is 20.1. The molecule has 2 N–H and O–H groups in total. The quantitative estimate of drug-likeness (QED) is 0.414. The number of hydrogen-bond acceptors (Lipinski definition) is 5. The summed E-state index contributed by atoms with van der Waals surface area (Å²) >= 11 is 0. The van der Waals surface area contributed by atoms with Gasteiger partial charge < -0.3 is 14.9 Å². The van der Waals surface area contributed by atoms with E-state index in [4.69, 9.17) is 4.74 Å². The van der Waals surface area contributed by atoms with Crippen LogP contribution in [0, 0.1) is 23.7 Å². The second-order valence-corrected chi connectivity index (χ2v) is 7.15. The van der Waals surface area contributed by atoms with E-state index in [1.165, 1.54) is 0 Å². The van der Waals surface area contributed by atoms with Crippen LogP contribution in [0.4, 0.5) is 0 Å². The Morgan fingerprint density at radius 2 is 1.19 bits per heavy atom. The van der Waals surface area contributed by atoms with Crippen LogP contribution in [0.1, 0.15) is 52.4 Å². The van der Waals surface area contributed by atoms with Gasteiger partial charge in [0.2, 0.25) is 0 Å². The van der Waals surface area contributed by atoms with Crippen molar-refractivity contribution in [1.82, 2.24) is 0 Å².